The van der Waals surface area contributed by atoms with Gasteiger partial charge in [-0.05, 0) is 18.9 Å². The second-order valence-electron chi connectivity index (χ2n) is 4.03. The van der Waals surface area contributed by atoms with E-state index in [1.807, 2.05) is 0 Å². The van der Waals surface area contributed by atoms with Gasteiger partial charge in [0.15, 0.2) is 0 Å². The largest absolute Gasteiger partial charge is 0.481 e. The number of nitro benzene ring substituents is 1. The molecule has 0 amide bonds. The summed E-state index contributed by atoms with van der Waals surface area (Å²) in [5.41, 5.74) is -0.347. The maximum atomic E-state index is 11.1. The third-order valence-electron chi connectivity index (χ3n) is 2.66. The first kappa shape index (κ1) is 12.9. The van der Waals surface area contributed by atoms with Gasteiger partial charge in [-0.2, -0.15) is 0 Å². The molecule has 17 heavy (non-hydrogen) atoms. The van der Waals surface area contributed by atoms with Gasteiger partial charge in [-0.25, -0.2) is 0 Å². The molecular formula is C12H13NO4. The van der Waals surface area contributed by atoms with Gasteiger partial charge < -0.3 is 5.11 Å². The molecule has 1 atom stereocenters. The maximum Gasteiger partial charge on any atom is 0.313 e. The monoisotopic (exact) mass is 235 g/mol. The Kier molecular flexibility index (Phi) is 3.62. The van der Waals surface area contributed by atoms with Crippen molar-refractivity contribution in [3.63, 3.8) is 0 Å². The zero-order valence-electron chi connectivity index (χ0n) is 9.42. The summed E-state index contributed by atoms with van der Waals surface area (Å²) >= 11 is 0. The van der Waals surface area contributed by atoms with Crippen molar-refractivity contribution in [1.82, 2.24) is 0 Å². The van der Waals surface area contributed by atoms with E-state index in [1.54, 1.807) is 19.1 Å². The number of hydrogen-bond donors (Lipinski definition) is 1. The van der Waals surface area contributed by atoms with E-state index in [4.69, 9.17) is 5.11 Å². The number of non-ortho nitro benzene ring substituents is 1. The second-order valence-corrected chi connectivity index (χ2v) is 4.03. The molecule has 0 saturated heterocycles. The van der Waals surface area contributed by atoms with Crippen LogP contribution in [0.3, 0.4) is 0 Å². The molecule has 1 aromatic carbocycles. The Morgan fingerprint density at radius 2 is 2.06 bits per heavy atom. The van der Waals surface area contributed by atoms with E-state index in [9.17, 15) is 14.9 Å². The highest BCUT2D eigenvalue weighted by molar-refractivity contribution is 5.76. The van der Waals surface area contributed by atoms with Crippen LogP contribution in [-0.4, -0.2) is 16.0 Å². The van der Waals surface area contributed by atoms with Crippen molar-refractivity contribution in [2.75, 3.05) is 0 Å². The first-order chi connectivity index (χ1) is 7.89. The van der Waals surface area contributed by atoms with Crippen molar-refractivity contribution < 1.29 is 14.8 Å². The number of nitrogens with zero attached hydrogens (tertiary/aromatic N) is 1. The van der Waals surface area contributed by atoms with Crippen LogP contribution < -0.4 is 0 Å². The molecule has 0 aromatic heterocycles. The lowest BCUT2D eigenvalue weighted by atomic mass is 9.84. The highest BCUT2D eigenvalue weighted by Gasteiger charge is 2.29. The summed E-state index contributed by atoms with van der Waals surface area (Å²) in [6.07, 6.45) is 1.63. The van der Waals surface area contributed by atoms with Crippen LogP contribution in [0.25, 0.3) is 0 Å². The average molecular weight is 235 g/mol. The molecule has 0 heterocycles. The van der Waals surface area contributed by atoms with E-state index in [0.29, 0.717) is 0 Å². The van der Waals surface area contributed by atoms with Crippen LogP contribution in [0.1, 0.15) is 12.5 Å². The van der Waals surface area contributed by atoms with Gasteiger partial charge in [0.25, 0.3) is 5.69 Å². The van der Waals surface area contributed by atoms with Crippen molar-refractivity contribution in [2.45, 2.75) is 13.3 Å². The van der Waals surface area contributed by atoms with Crippen molar-refractivity contribution in [2.24, 2.45) is 5.41 Å². The predicted octanol–water partition coefficient (Wildman–Crippen LogP) is 2.41. The Morgan fingerprint density at radius 3 is 2.41 bits per heavy atom. The van der Waals surface area contributed by atoms with Crippen LogP contribution in [0.15, 0.2) is 36.9 Å². The third-order valence-corrected chi connectivity index (χ3v) is 2.66. The first-order valence-electron chi connectivity index (χ1n) is 4.99. The molecule has 0 saturated carbocycles. The third kappa shape index (κ3) is 2.90. The molecule has 1 rings (SSSR count). The minimum Gasteiger partial charge on any atom is -0.481 e. The van der Waals surface area contributed by atoms with Gasteiger partial charge in [-0.15, -0.1) is 6.58 Å². The fraction of sp³-hybridized carbons (Fsp3) is 0.250. The Bertz CT molecular complexity index is 452. The van der Waals surface area contributed by atoms with E-state index in [0.717, 1.165) is 5.56 Å². The van der Waals surface area contributed by atoms with Crippen LogP contribution in [0.2, 0.25) is 0 Å². The van der Waals surface area contributed by atoms with Crippen molar-refractivity contribution in [3.05, 3.63) is 52.6 Å². The summed E-state index contributed by atoms with van der Waals surface area (Å²) in [7, 11) is 0. The van der Waals surface area contributed by atoms with Gasteiger partial charge in [0.05, 0.1) is 10.3 Å². The predicted molar refractivity (Wildman–Crippen MR) is 62.7 cm³/mol. The van der Waals surface area contributed by atoms with Crippen molar-refractivity contribution in [1.29, 1.82) is 0 Å². The van der Waals surface area contributed by atoms with Crippen LogP contribution >= 0.6 is 0 Å². The zero-order chi connectivity index (χ0) is 13.1. The molecule has 0 fully saturated rings. The Balaban J connectivity index is 2.92. The molecule has 1 N–H and O–H groups in total. The average Bonchev–Trinajstić information content (AvgIpc) is 2.29. The van der Waals surface area contributed by atoms with Gasteiger partial charge in [0, 0.05) is 12.1 Å². The SMILES string of the molecule is C=CC(C)(Cc1ccc([N+](=O)[O-])cc1)C(=O)O. The molecule has 90 valence electrons. The molecule has 0 aliphatic rings. The number of carbonyl (C=O) groups is 1. The van der Waals surface area contributed by atoms with Crippen molar-refractivity contribution >= 4 is 11.7 Å². The quantitative estimate of drug-likeness (QED) is 0.482. The number of hydrogen-bond acceptors (Lipinski definition) is 3. The van der Waals surface area contributed by atoms with Gasteiger partial charge >= 0.3 is 5.97 Å². The van der Waals surface area contributed by atoms with Gasteiger partial charge in [-0.1, -0.05) is 18.2 Å². The highest BCUT2D eigenvalue weighted by Crippen LogP contribution is 2.25. The minimum absolute atomic E-state index is 0.00983. The van der Waals surface area contributed by atoms with E-state index >= 15 is 0 Å². The Hall–Kier alpha value is -2.17. The smallest absolute Gasteiger partial charge is 0.313 e. The Labute approximate surface area is 98.5 Å². The standard InChI is InChI=1S/C12H13NO4/c1-3-12(2,11(14)15)8-9-4-6-10(7-5-9)13(16)17/h3-7H,1,8H2,2H3,(H,14,15). The van der Waals surface area contributed by atoms with Gasteiger partial charge in [-0.3, -0.25) is 14.9 Å². The lowest BCUT2D eigenvalue weighted by Crippen LogP contribution is -2.27. The van der Waals surface area contributed by atoms with Crippen LogP contribution in [0.5, 0.6) is 0 Å². The lowest BCUT2D eigenvalue weighted by Gasteiger charge is -2.19. The lowest BCUT2D eigenvalue weighted by molar-refractivity contribution is -0.384. The maximum absolute atomic E-state index is 11.1. The summed E-state index contributed by atoms with van der Waals surface area (Å²) in [6, 6.07) is 5.84. The summed E-state index contributed by atoms with van der Waals surface area (Å²) in [4.78, 5) is 21.0. The minimum atomic E-state index is -1.06. The molecule has 1 aromatic rings. The van der Waals surface area contributed by atoms with Crippen LogP contribution in [0, 0.1) is 15.5 Å². The Morgan fingerprint density at radius 1 is 1.53 bits per heavy atom. The van der Waals surface area contributed by atoms with E-state index in [-0.39, 0.29) is 12.1 Å². The molecule has 5 heteroatoms. The fourth-order valence-corrected chi connectivity index (χ4v) is 1.39. The van der Waals surface area contributed by atoms with Crippen molar-refractivity contribution in [3.8, 4) is 0 Å². The molecule has 0 aliphatic heterocycles. The summed E-state index contributed by atoms with van der Waals surface area (Å²) < 4.78 is 0. The molecule has 5 nitrogen and oxygen atoms in total. The van der Waals surface area contributed by atoms with E-state index < -0.39 is 16.3 Å². The molecule has 0 aliphatic carbocycles. The molecule has 1 unspecified atom stereocenters. The second kappa shape index (κ2) is 4.78. The topological polar surface area (TPSA) is 80.4 Å². The molecular weight excluding hydrogens is 222 g/mol. The summed E-state index contributed by atoms with van der Waals surface area (Å²) in [5, 5.41) is 19.5. The van der Waals surface area contributed by atoms with Gasteiger partial charge in [0.1, 0.15) is 0 Å². The summed E-state index contributed by atoms with van der Waals surface area (Å²) in [6.45, 7) is 5.07. The number of carboxylic acids is 1. The number of benzene rings is 1. The van der Waals surface area contributed by atoms with E-state index in [2.05, 4.69) is 6.58 Å². The number of carboxylic acid groups (broad SMARTS) is 1. The molecule has 0 bridgehead atoms. The fourth-order valence-electron chi connectivity index (χ4n) is 1.39. The molecule has 0 spiro atoms. The van der Waals surface area contributed by atoms with Crippen LogP contribution in [0.4, 0.5) is 5.69 Å². The number of rotatable bonds is 5. The highest BCUT2D eigenvalue weighted by atomic mass is 16.6. The van der Waals surface area contributed by atoms with Gasteiger partial charge in [0.2, 0.25) is 0 Å². The number of nitro groups is 1. The van der Waals surface area contributed by atoms with E-state index in [1.165, 1.54) is 18.2 Å². The normalized spacial score (nSPS) is 13.7. The van der Waals surface area contributed by atoms with Crippen LogP contribution in [-0.2, 0) is 11.2 Å². The zero-order valence-corrected chi connectivity index (χ0v) is 9.42. The number of aliphatic carboxylic acids is 1. The summed E-state index contributed by atoms with van der Waals surface area (Å²) in [5.74, 6) is -0.967. The first-order valence-corrected chi connectivity index (χ1v) is 4.99. The molecule has 0 radical (unpaired) electrons.